The van der Waals surface area contributed by atoms with Gasteiger partial charge < -0.3 is 5.21 Å². The molecule has 0 spiro atoms. The van der Waals surface area contributed by atoms with E-state index < -0.39 is 0 Å². The molecule has 0 atom stereocenters. The molecule has 0 radical (unpaired) electrons. The number of nitrogens with zero attached hydrogens (tertiary/aromatic N) is 1. The fraction of sp³-hybridized carbons (Fsp3) is 0.308. The van der Waals surface area contributed by atoms with E-state index in [2.05, 4.69) is 19.1 Å². The number of aromatic nitrogens is 1. The molecule has 17 heavy (non-hydrogen) atoms. The molecule has 90 valence electrons. The fourth-order valence-electron chi connectivity index (χ4n) is 1.77. The van der Waals surface area contributed by atoms with E-state index in [9.17, 15) is 5.21 Å². The SMILES string of the molecule is CCCCc1c(-c2ccccc2)sc(=S)n1O. The van der Waals surface area contributed by atoms with Crippen LogP contribution < -0.4 is 0 Å². The monoisotopic (exact) mass is 265 g/mol. The van der Waals surface area contributed by atoms with Crippen LogP contribution in [-0.2, 0) is 6.42 Å². The van der Waals surface area contributed by atoms with E-state index >= 15 is 0 Å². The first-order valence-corrected chi connectivity index (χ1v) is 6.96. The van der Waals surface area contributed by atoms with Crippen molar-refractivity contribution in [2.45, 2.75) is 26.2 Å². The Balaban J connectivity index is 2.47. The van der Waals surface area contributed by atoms with Crippen molar-refractivity contribution in [1.82, 2.24) is 4.73 Å². The maximum absolute atomic E-state index is 9.93. The summed E-state index contributed by atoms with van der Waals surface area (Å²) in [4.78, 5) is 1.09. The Morgan fingerprint density at radius 2 is 2.00 bits per heavy atom. The molecular formula is C13H15NOS2. The van der Waals surface area contributed by atoms with Crippen molar-refractivity contribution in [2.24, 2.45) is 0 Å². The predicted octanol–water partition coefficient (Wildman–Crippen LogP) is 4.53. The molecule has 0 aliphatic carbocycles. The second-order valence-electron chi connectivity index (χ2n) is 3.93. The van der Waals surface area contributed by atoms with Gasteiger partial charge in [-0.25, -0.2) is 0 Å². The molecule has 0 saturated carbocycles. The average Bonchev–Trinajstić information content (AvgIpc) is 2.65. The summed E-state index contributed by atoms with van der Waals surface area (Å²) in [5.41, 5.74) is 2.07. The first-order valence-electron chi connectivity index (χ1n) is 5.73. The second-order valence-corrected chi connectivity index (χ2v) is 5.57. The topological polar surface area (TPSA) is 25.2 Å². The van der Waals surface area contributed by atoms with Gasteiger partial charge in [-0.3, -0.25) is 0 Å². The van der Waals surface area contributed by atoms with Gasteiger partial charge in [-0.15, -0.1) is 11.3 Å². The van der Waals surface area contributed by atoms with E-state index in [4.69, 9.17) is 12.2 Å². The number of rotatable bonds is 4. The number of hydrogen-bond donors (Lipinski definition) is 1. The molecule has 2 nitrogen and oxygen atoms in total. The van der Waals surface area contributed by atoms with Crippen molar-refractivity contribution < 1.29 is 5.21 Å². The molecule has 0 saturated heterocycles. The number of hydrogen-bond acceptors (Lipinski definition) is 3. The zero-order valence-electron chi connectivity index (χ0n) is 9.72. The van der Waals surface area contributed by atoms with Gasteiger partial charge in [0.1, 0.15) is 0 Å². The number of unbranched alkanes of at least 4 members (excludes halogenated alkanes) is 1. The van der Waals surface area contributed by atoms with Crippen LogP contribution in [0.4, 0.5) is 0 Å². The summed E-state index contributed by atoms with van der Waals surface area (Å²) in [5, 5.41) is 9.93. The normalized spacial score (nSPS) is 10.6. The summed E-state index contributed by atoms with van der Waals surface area (Å²) >= 11 is 6.62. The van der Waals surface area contributed by atoms with Gasteiger partial charge in [0.05, 0.1) is 10.6 Å². The first kappa shape index (κ1) is 12.3. The molecular weight excluding hydrogens is 250 g/mol. The number of thiazole rings is 1. The van der Waals surface area contributed by atoms with Crippen molar-refractivity contribution in [2.75, 3.05) is 0 Å². The van der Waals surface area contributed by atoms with Crippen molar-refractivity contribution in [3.8, 4) is 10.4 Å². The second kappa shape index (κ2) is 5.47. The summed E-state index contributed by atoms with van der Waals surface area (Å²) in [6.07, 6.45) is 3.03. The summed E-state index contributed by atoms with van der Waals surface area (Å²) < 4.78 is 1.69. The number of benzene rings is 1. The van der Waals surface area contributed by atoms with Gasteiger partial charge in [-0.1, -0.05) is 43.7 Å². The van der Waals surface area contributed by atoms with E-state index in [1.165, 1.54) is 11.3 Å². The molecule has 1 heterocycles. The Morgan fingerprint density at radius 3 is 2.65 bits per heavy atom. The maximum atomic E-state index is 9.93. The molecule has 1 N–H and O–H groups in total. The van der Waals surface area contributed by atoms with Gasteiger partial charge in [0, 0.05) is 0 Å². The fourth-order valence-corrected chi connectivity index (χ4v) is 3.07. The van der Waals surface area contributed by atoms with Crippen LogP contribution in [-0.4, -0.2) is 9.94 Å². The highest BCUT2D eigenvalue weighted by molar-refractivity contribution is 7.73. The lowest BCUT2D eigenvalue weighted by atomic mass is 10.1. The van der Waals surface area contributed by atoms with E-state index in [0.29, 0.717) is 3.95 Å². The van der Waals surface area contributed by atoms with Crippen LogP contribution in [0, 0.1) is 3.95 Å². The molecule has 0 amide bonds. The van der Waals surface area contributed by atoms with Gasteiger partial charge in [0.2, 0.25) is 0 Å². The highest BCUT2D eigenvalue weighted by Crippen LogP contribution is 2.31. The van der Waals surface area contributed by atoms with Crippen LogP contribution >= 0.6 is 23.6 Å². The molecule has 0 unspecified atom stereocenters. The van der Waals surface area contributed by atoms with E-state index in [1.807, 2.05) is 18.2 Å². The summed E-state index contributed by atoms with van der Waals surface area (Å²) in [6.45, 7) is 2.14. The molecule has 0 aliphatic rings. The van der Waals surface area contributed by atoms with E-state index in [0.717, 1.165) is 40.1 Å². The predicted molar refractivity (Wildman–Crippen MR) is 74.4 cm³/mol. The van der Waals surface area contributed by atoms with Crippen LogP contribution in [0.3, 0.4) is 0 Å². The lowest BCUT2D eigenvalue weighted by molar-refractivity contribution is 0.175. The van der Waals surface area contributed by atoms with Crippen LogP contribution in [0.25, 0.3) is 10.4 Å². The Morgan fingerprint density at radius 1 is 1.29 bits per heavy atom. The van der Waals surface area contributed by atoms with Crippen molar-refractivity contribution >= 4 is 23.6 Å². The molecule has 0 fully saturated rings. The van der Waals surface area contributed by atoms with E-state index in [-0.39, 0.29) is 0 Å². The smallest absolute Gasteiger partial charge is 0.197 e. The lowest BCUT2D eigenvalue weighted by Crippen LogP contribution is -1.99. The molecule has 2 rings (SSSR count). The molecule has 1 aromatic carbocycles. The average molecular weight is 265 g/mol. The molecule has 0 aliphatic heterocycles. The Bertz CT molecular complexity index is 542. The van der Waals surface area contributed by atoms with Crippen LogP contribution in [0.15, 0.2) is 30.3 Å². The maximum Gasteiger partial charge on any atom is 0.197 e. The third-order valence-corrected chi connectivity index (χ3v) is 4.13. The highest BCUT2D eigenvalue weighted by Gasteiger charge is 2.13. The standard InChI is InChI=1S/C13H15NOS2/c1-2-3-9-11-12(17-13(16)14(11)15)10-7-5-4-6-8-10/h4-8,15H,2-3,9H2,1H3. The largest absolute Gasteiger partial charge is 0.427 e. The summed E-state index contributed by atoms with van der Waals surface area (Å²) in [7, 11) is 0. The van der Waals surface area contributed by atoms with Crippen molar-refractivity contribution in [3.05, 3.63) is 40.0 Å². The van der Waals surface area contributed by atoms with Crippen molar-refractivity contribution in [1.29, 1.82) is 0 Å². The Labute approximate surface area is 110 Å². The van der Waals surface area contributed by atoms with Crippen molar-refractivity contribution in [3.63, 3.8) is 0 Å². The van der Waals surface area contributed by atoms with Gasteiger partial charge in [0.15, 0.2) is 3.95 Å². The summed E-state index contributed by atoms with van der Waals surface area (Å²) in [5.74, 6) is 0. The van der Waals surface area contributed by atoms with E-state index in [1.54, 1.807) is 0 Å². The third kappa shape index (κ3) is 2.58. The van der Waals surface area contributed by atoms with Gasteiger partial charge >= 0.3 is 0 Å². The molecule has 0 bridgehead atoms. The van der Waals surface area contributed by atoms with Crippen LogP contribution in [0.1, 0.15) is 25.5 Å². The third-order valence-electron chi connectivity index (χ3n) is 2.68. The Hall–Kier alpha value is -1.13. The quantitative estimate of drug-likeness (QED) is 0.649. The molecule has 4 heteroatoms. The van der Waals surface area contributed by atoms with Gasteiger partial charge in [-0.2, -0.15) is 4.73 Å². The minimum atomic E-state index is 0.523. The summed E-state index contributed by atoms with van der Waals surface area (Å²) in [6, 6.07) is 10.1. The lowest BCUT2D eigenvalue weighted by Gasteiger charge is -2.04. The first-order chi connectivity index (χ1) is 8.24. The Kier molecular flexibility index (Phi) is 3.97. The molecule has 2 aromatic rings. The van der Waals surface area contributed by atoms with Crippen LogP contribution in [0.5, 0.6) is 0 Å². The van der Waals surface area contributed by atoms with Gasteiger partial charge in [0.25, 0.3) is 0 Å². The zero-order valence-corrected chi connectivity index (χ0v) is 11.4. The minimum absolute atomic E-state index is 0.523. The zero-order chi connectivity index (χ0) is 12.3. The minimum Gasteiger partial charge on any atom is -0.427 e. The van der Waals surface area contributed by atoms with Gasteiger partial charge in [-0.05, 0) is 30.6 Å². The highest BCUT2D eigenvalue weighted by atomic mass is 32.1. The van der Waals surface area contributed by atoms with Crippen LogP contribution in [0.2, 0.25) is 0 Å². The molecule has 1 aromatic heterocycles.